The number of hydrogen-bond donors (Lipinski definition) is 1. The van der Waals surface area contributed by atoms with Gasteiger partial charge in [0.25, 0.3) is 0 Å². The van der Waals surface area contributed by atoms with Crippen molar-refractivity contribution in [1.29, 1.82) is 0 Å². The normalized spacial score (nSPS) is 12.2. The molecular formula is C9H5ClF2O2. The van der Waals surface area contributed by atoms with Gasteiger partial charge in [0.2, 0.25) is 5.29 Å². The topological polar surface area (TPSA) is 37.3 Å². The zero-order valence-electron chi connectivity index (χ0n) is 6.80. The van der Waals surface area contributed by atoms with Crippen LogP contribution in [0.5, 0.6) is 0 Å². The molecule has 1 rings (SSSR count). The fourth-order valence-electron chi connectivity index (χ4n) is 0.868. The van der Waals surface area contributed by atoms with Gasteiger partial charge < -0.3 is 5.11 Å². The Kier molecular flexibility index (Phi) is 3.19. The van der Waals surface area contributed by atoms with Crippen LogP contribution in [0.4, 0.5) is 8.78 Å². The summed E-state index contributed by atoms with van der Waals surface area (Å²) < 4.78 is 25.0. The predicted molar refractivity (Wildman–Crippen MR) is 48.4 cm³/mol. The molecule has 0 saturated heterocycles. The Morgan fingerprint density at radius 3 is 1.93 bits per heavy atom. The lowest BCUT2D eigenvalue weighted by atomic mass is 10.1. The number of hydrogen-bond acceptors (Lipinski definition) is 1. The summed E-state index contributed by atoms with van der Waals surface area (Å²) in [4.78, 5) is 10.4. The van der Waals surface area contributed by atoms with Crippen molar-refractivity contribution in [3.8, 4) is 0 Å². The fourth-order valence-corrected chi connectivity index (χ4v) is 0.977. The van der Waals surface area contributed by atoms with E-state index in [1.54, 1.807) is 0 Å². The number of carboxylic acids is 1. The minimum Gasteiger partial charge on any atom is -0.478 e. The Morgan fingerprint density at radius 2 is 1.57 bits per heavy atom. The Labute approximate surface area is 83.4 Å². The van der Waals surface area contributed by atoms with Crippen molar-refractivity contribution in [3.63, 3.8) is 0 Å². The molecule has 0 atom stereocenters. The van der Waals surface area contributed by atoms with Gasteiger partial charge in [-0.05, 0) is 23.7 Å². The number of aromatic carboxylic acids is 1. The summed E-state index contributed by atoms with van der Waals surface area (Å²) in [5.74, 6) is -2.34. The first-order valence-corrected chi connectivity index (χ1v) is 3.94. The zero-order valence-corrected chi connectivity index (χ0v) is 7.55. The summed E-state index contributed by atoms with van der Waals surface area (Å²) in [7, 11) is 0. The predicted octanol–water partition coefficient (Wildman–Crippen LogP) is 3.19. The summed E-state index contributed by atoms with van der Waals surface area (Å²) in [6.07, 6.45) is 0. The van der Waals surface area contributed by atoms with Gasteiger partial charge in [-0.1, -0.05) is 12.1 Å². The smallest absolute Gasteiger partial charge is 0.335 e. The highest BCUT2D eigenvalue weighted by Crippen LogP contribution is 2.23. The van der Waals surface area contributed by atoms with Crippen LogP contribution in [0.2, 0.25) is 0 Å². The van der Waals surface area contributed by atoms with E-state index in [2.05, 4.69) is 0 Å². The molecule has 0 fully saturated rings. The molecule has 0 aliphatic heterocycles. The first-order valence-electron chi connectivity index (χ1n) is 3.57. The molecule has 0 unspecified atom stereocenters. The second kappa shape index (κ2) is 4.19. The molecule has 1 aromatic rings. The number of benzene rings is 1. The Balaban J connectivity index is 3.06. The minimum atomic E-state index is -1.45. The summed E-state index contributed by atoms with van der Waals surface area (Å²) >= 11 is 4.79. The van der Waals surface area contributed by atoms with E-state index in [0.29, 0.717) is 0 Å². The van der Waals surface area contributed by atoms with E-state index < -0.39 is 17.1 Å². The SMILES string of the molecule is O=C(O)c1ccc(/C(F)=C(\F)Cl)cc1. The number of carboxylic acid groups (broad SMARTS) is 1. The van der Waals surface area contributed by atoms with Crippen LogP contribution < -0.4 is 0 Å². The molecular weight excluding hydrogens is 214 g/mol. The van der Waals surface area contributed by atoms with Gasteiger partial charge >= 0.3 is 5.97 Å². The molecule has 0 aliphatic carbocycles. The van der Waals surface area contributed by atoms with Gasteiger partial charge in [-0.15, -0.1) is 0 Å². The molecule has 0 spiro atoms. The molecule has 0 bridgehead atoms. The molecule has 14 heavy (non-hydrogen) atoms. The van der Waals surface area contributed by atoms with Gasteiger partial charge in [0.1, 0.15) is 0 Å². The maximum atomic E-state index is 12.8. The first-order chi connectivity index (χ1) is 6.52. The Hall–Kier alpha value is -1.42. The highest BCUT2D eigenvalue weighted by molar-refractivity contribution is 6.30. The lowest BCUT2D eigenvalue weighted by Gasteiger charge is -1.98. The molecule has 1 aromatic carbocycles. The molecule has 0 saturated carbocycles. The van der Waals surface area contributed by atoms with Crippen LogP contribution in [-0.4, -0.2) is 11.1 Å². The minimum absolute atomic E-state index is 0.00321. The third kappa shape index (κ3) is 2.29. The molecule has 74 valence electrons. The average Bonchev–Trinajstić information content (AvgIpc) is 2.16. The van der Waals surface area contributed by atoms with E-state index in [-0.39, 0.29) is 11.1 Å². The van der Waals surface area contributed by atoms with Crippen LogP contribution in [0.1, 0.15) is 15.9 Å². The van der Waals surface area contributed by atoms with Crippen LogP contribution in [0.25, 0.3) is 5.83 Å². The third-order valence-electron chi connectivity index (χ3n) is 1.55. The van der Waals surface area contributed by atoms with Gasteiger partial charge in [0.15, 0.2) is 5.83 Å². The maximum Gasteiger partial charge on any atom is 0.335 e. The van der Waals surface area contributed by atoms with E-state index >= 15 is 0 Å². The average molecular weight is 219 g/mol. The lowest BCUT2D eigenvalue weighted by molar-refractivity contribution is 0.0697. The molecule has 0 aliphatic rings. The van der Waals surface area contributed by atoms with E-state index in [0.717, 1.165) is 24.3 Å². The van der Waals surface area contributed by atoms with Crippen LogP contribution in [-0.2, 0) is 0 Å². The van der Waals surface area contributed by atoms with Crippen molar-refractivity contribution in [3.05, 3.63) is 40.7 Å². The largest absolute Gasteiger partial charge is 0.478 e. The van der Waals surface area contributed by atoms with Crippen molar-refractivity contribution in [2.75, 3.05) is 0 Å². The van der Waals surface area contributed by atoms with Crippen molar-refractivity contribution in [2.24, 2.45) is 0 Å². The van der Waals surface area contributed by atoms with E-state index in [1.165, 1.54) is 0 Å². The number of halogens is 3. The summed E-state index contributed by atoms with van der Waals surface area (Å²) in [5, 5.41) is 7.07. The van der Waals surface area contributed by atoms with Gasteiger partial charge in [-0.25, -0.2) is 9.18 Å². The molecule has 0 heterocycles. The molecule has 0 amide bonds. The van der Waals surface area contributed by atoms with Gasteiger partial charge in [-0.2, -0.15) is 4.39 Å². The van der Waals surface area contributed by atoms with Crippen LogP contribution in [0.15, 0.2) is 29.6 Å². The van der Waals surface area contributed by atoms with Crippen molar-refractivity contribution in [1.82, 2.24) is 0 Å². The monoisotopic (exact) mass is 218 g/mol. The summed E-state index contributed by atoms with van der Waals surface area (Å²) in [5.41, 5.74) is -0.0981. The maximum absolute atomic E-state index is 12.8. The molecule has 1 N–H and O–H groups in total. The van der Waals surface area contributed by atoms with Gasteiger partial charge in [0, 0.05) is 5.56 Å². The van der Waals surface area contributed by atoms with Gasteiger partial charge in [0.05, 0.1) is 5.56 Å². The first kappa shape index (κ1) is 10.7. The van der Waals surface area contributed by atoms with Crippen molar-refractivity contribution < 1.29 is 18.7 Å². The van der Waals surface area contributed by atoms with Gasteiger partial charge in [-0.3, -0.25) is 0 Å². The number of carbonyl (C=O) groups is 1. The fraction of sp³-hybridized carbons (Fsp3) is 0. The lowest BCUT2D eigenvalue weighted by Crippen LogP contribution is -1.95. The highest BCUT2D eigenvalue weighted by Gasteiger charge is 2.08. The second-order valence-electron chi connectivity index (χ2n) is 2.46. The zero-order chi connectivity index (χ0) is 10.7. The molecule has 0 radical (unpaired) electrons. The van der Waals surface area contributed by atoms with E-state index in [1.807, 2.05) is 0 Å². The molecule has 5 heteroatoms. The van der Waals surface area contributed by atoms with Crippen molar-refractivity contribution in [2.45, 2.75) is 0 Å². The Morgan fingerprint density at radius 1 is 1.14 bits per heavy atom. The quantitative estimate of drug-likeness (QED) is 0.828. The van der Waals surface area contributed by atoms with Crippen molar-refractivity contribution >= 4 is 23.4 Å². The number of rotatable bonds is 2. The van der Waals surface area contributed by atoms with Crippen LogP contribution >= 0.6 is 11.6 Å². The third-order valence-corrected chi connectivity index (χ3v) is 1.72. The summed E-state index contributed by atoms with van der Waals surface area (Å²) in [6, 6.07) is 4.61. The molecule has 0 aromatic heterocycles. The van der Waals surface area contributed by atoms with Crippen LogP contribution in [0, 0.1) is 0 Å². The van der Waals surface area contributed by atoms with E-state index in [9.17, 15) is 13.6 Å². The van der Waals surface area contributed by atoms with E-state index in [4.69, 9.17) is 16.7 Å². The standard InChI is InChI=1S/C9H5ClF2O2/c10-8(12)7(11)5-1-3-6(4-2-5)9(13)14/h1-4H,(H,13,14)/b8-7+. The van der Waals surface area contributed by atoms with Crippen LogP contribution in [0.3, 0.4) is 0 Å². The molecule has 2 nitrogen and oxygen atoms in total. The summed E-state index contributed by atoms with van der Waals surface area (Å²) in [6.45, 7) is 0. The highest BCUT2D eigenvalue weighted by atomic mass is 35.5. The second-order valence-corrected chi connectivity index (χ2v) is 2.79. The Bertz CT molecular complexity index is 380.